The molecule has 0 unspecified atom stereocenters. The summed E-state index contributed by atoms with van der Waals surface area (Å²) in [6.45, 7) is 2.08. The van der Waals surface area contributed by atoms with Crippen LogP contribution in [0.1, 0.15) is 12.0 Å². The molecule has 0 spiro atoms. The number of hydrogen-bond donors (Lipinski definition) is 0. The lowest BCUT2D eigenvalue weighted by atomic mass is 10.2. The van der Waals surface area contributed by atoms with Crippen LogP contribution in [0.25, 0.3) is 0 Å². The smallest absolute Gasteiger partial charge is 0.161 e. The molecule has 1 heterocycles. The highest BCUT2D eigenvalue weighted by molar-refractivity contribution is 5.39. The van der Waals surface area contributed by atoms with Gasteiger partial charge in [-0.05, 0) is 24.1 Å². The first-order chi connectivity index (χ1) is 11.4. The number of aryl methyl sites for hydroxylation is 1. The maximum absolute atomic E-state index is 5.89. The van der Waals surface area contributed by atoms with E-state index in [0.29, 0.717) is 13.2 Å². The molecule has 0 radical (unpaired) electrons. The molecule has 0 aliphatic heterocycles. The quantitative estimate of drug-likeness (QED) is 0.592. The summed E-state index contributed by atoms with van der Waals surface area (Å²) in [4.78, 5) is 4.03. The Morgan fingerprint density at radius 3 is 2.35 bits per heavy atom. The second-order valence-corrected chi connectivity index (χ2v) is 5.22. The highest BCUT2D eigenvalue weighted by Crippen LogP contribution is 2.27. The second kappa shape index (κ2) is 8.03. The van der Waals surface area contributed by atoms with Gasteiger partial charge in [-0.25, -0.2) is 4.98 Å². The summed E-state index contributed by atoms with van der Waals surface area (Å²) in [6, 6.07) is 17.9. The van der Waals surface area contributed by atoms with Gasteiger partial charge >= 0.3 is 0 Å². The summed E-state index contributed by atoms with van der Waals surface area (Å²) in [5.41, 5.74) is 1.14. The Morgan fingerprint density at radius 2 is 1.61 bits per heavy atom. The molecule has 0 amide bonds. The number of rotatable bonds is 8. The van der Waals surface area contributed by atoms with Crippen LogP contribution in [0, 0.1) is 0 Å². The lowest BCUT2D eigenvalue weighted by Gasteiger charge is -2.13. The molecule has 0 saturated carbocycles. The van der Waals surface area contributed by atoms with Gasteiger partial charge in [-0.1, -0.05) is 42.5 Å². The number of ether oxygens (including phenoxy) is 2. The van der Waals surface area contributed by atoms with Crippen LogP contribution in [0.5, 0.6) is 11.5 Å². The number of benzene rings is 2. The highest BCUT2D eigenvalue weighted by Gasteiger charge is 2.04. The SMILES string of the molecule is c1ccc(COc2ccccc2OCCCn2ccnc2)cc1. The van der Waals surface area contributed by atoms with Crippen LogP contribution >= 0.6 is 0 Å². The summed E-state index contributed by atoms with van der Waals surface area (Å²) < 4.78 is 13.8. The lowest BCUT2D eigenvalue weighted by molar-refractivity contribution is 0.256. The van der Waals surface area contributed by atoms with E-state index >= 15 is 0 Å². The summed E-state index contributed by atoms with van der Waals surface area (Å²) in [6.07, 6.45) is 6.48. The summed E-state index contributed by atoms with van der Waals surface area (Å²) in [5.74, 6) is 1.56. The minimum absolute atomic E-state index is 0.538. The predicted molar refractivity (Wildman–Crippen MR) is 89.6 cm³/mol. The van der Waals surface area contributed by atoms with Crippen LogP contribution < -0.4 is 9.47 Å². The number of hydrogen-bond acceptors (Lipinski definition) is 3. The fourth-order valence-corrected chi connectivity index (χ4v) is 2.27. The van der Waals surface area contributed by atoms with Crippen molar-refractivity contribution in [2.45, 2.75) is 19.6 Å². The zero-order chi connectivity index (χ0) is 15.7. The van der Waals surface area contributed by atoms with E-state index in [0.717, 1.165) is 30.0 Å². The van der Waals surface area contributed by atoms with Gasteiger partial charge in [-0.3, -0.25) is 0 Å². The molecule has 0 saturated heterocycles. The number of aromatic nitrogens is 2. The van der Waals surface area contributed by atoms with Crippen LogP contribution in [-0.4, -0.2) is 16.2 Å². The molecule has 0 atom stereocenters. The van der Waals surface area contributed by atoms with Crippen LogP contribution in [-0.2, 0) is 13.2 Å². The van der Waals surface area contributed by atoms with Gasteiger partial charge in [0, 0.05) is 18.9 Å². The van der Waals surface area contributed by atoms with Crippen LogP contribution in [0.15, 0.2) is 73.3 Å². The van der Waals surface area contributed by atoms with Gasteiger partial charge in [0.1, 0.15) is 6.61 Å². The average molecular weight is 308 g/mol. The van der Waals surface area contributed by atoms with Crippen molar-refractivity contribution in [1.29, 1.82) is 0 Å². The molecule has 3 aromatic rings. The minimum atomic E-state index is 0.538. The van der Waals surface area contributed by atoms with E-state index in [1.165, 1.54) is 0 Å². The summed E-state index contributed by atoms with van der Waals surface area (Å²) in [5, 5.41) is 0. The molecule has 0 bridgehead atoms. The molecule has 1 aromatic heterocycles. The van der Waals surface area contributed by atoms with E-state index in [-0.39, 0.29) is 0 Å². The molecule has 0 aliphatic rings. The Bertz CT molecular complexity index is 696. The molecule has 0 aliphatic carbocycles. The molecule has 0 fully saturated rings. The van der Waals surface area contributed by atoms with Crippen molar-refractivity contribution in [2.75, 3.05) is 6.61 Å². The van der Waals surface area contributed by atoms with Crippen molar-refractivity contribution in [3.05, 3.63) is 78.9 Å². The molecule has 4 heteroatoms. The zero-order valence-corrected chi connectivity index (χ0v) is 13.0. The normalized spacial score (nSPS) is 10.4. The van der Waals surface area contributed by atoms with Crippen molar-refractivity contribution in [3.63, 3.8) is 0 Å². The molecule has 118 valence electrons. The van der Waals surface area contributed by atoms with Gasteiger partial charge in [-0.2, -0.15) is 0 Å². The fraction of sp³-hybridized carbons (Fsp3) is 0.211. The van der Waals surface area contributed by atoms with Crippen LogP contribution in [0.2, 0.25) is 0 Å². The van der Waals surface area contributed by atoms with Gasteiger partial charge in [0.05, 0.1) is 12.9 Å². The molecule has 3 rings (SSSR count). The third-order valence-electron chi connectivity index (χ3n) is 3.46. The van der Waals surface area contributed by atoms with Crippen molar-refractivity contribution >= 4 is 0 Å². The largest absolute Gasteiger partial charge is 0.490 e. The maximum Gasteiger partial charge on any atom is 0.161 e. The first kappa shape index (κ1) is 15.2. The van der Waals surface area contributed by atoms with E-state index in [1.807, 2.05) is 59.6 Å². The first-order valence-corrected chi connectivity index (χ1v) is 7.76. The van der Waals surface area contributed by atoms with Crippen molar-refractivity contribution in [1.82, 2.24) is 9.55 Å². The van der Waals surface area contributed by atoms with E-state index in [2.05, 4.69) is 17.1 Å². The van der Waals surface area contributed by atoms with Gasteiger partial charge in [0.25, 0.3) is 0 Å². The minimum Gasteiger partial charge on any atom is -0.490 e. The maximum atomic E-state index is 5.89. The number of nitrogens with zero attached hydrogens (tertiary/aromatic N) is 2. The van der Waals surface area contributed by atoms with Crippen LogP contribution in [0.4, 0.5) is 0 Å². The third kappa shape index (κ3) is 4.61. The second-order valence-electron chi connectivity index (χ2n) is 5.22. The fourth-order valence-electron chi connectivity index (χ4n) is 2.27. The summed E-state index contributed by atoms with van der Waals surface area (Å²) >= 11 is 0. The molecular formula is C19H20N2O2. The third-order valence-corrected chi connectivity index (χ3v) is 3.46. The molecule has 0 N–H and O–H groups in total. The average Bonchev–Trinajstić information content (AvgIpc) is 3.12. The van der Waals surface area contributed by atoms with Crippen LogP contribution in [0.3, 0.4) is 0 Å². The Labute approximate surface area is 136 Å². The van der Waals surface area contributed by atoms with Gasteiger partial charge in [-0.15, -0.1) is 0 Å². The summed E-state index contributed by atoms with van der Waals surface area (Å²) in [7, 11) is 0. The zero-order valence-electron chi connectivity index (χ0n) is 13.0. The topological polar surface area (TPSA) is 36.3 Å². The molecular weight excluding hydrogens is 288 g/mol. The van der Waals surface area contributed by atoms with E-state index < -0.39 is 0 Å². The predicted octanol–water partition coefficient (Wildman–Crippen LogP) is 3.93. The first-order valence-electron chi connectivity index (χ1n) is 7.76. The Morgan fingerprint density at radius 1 is 0.870 bits per heavy atom. The van der Waals surface area contributed by atoms with Gasteiger partial charge in [0.15, 0.2) is 11.5 Å². The van der Waals surface area contributed by atoms with E-state index in [9.17, 15) is 0 Å². The molecule has 23 heavy (non-hydrogen) atoms. The van der Waals surface area contributed by atoms with Gasteiger partial charge in [0.2, 0.25) is 0 Å². The molecule has 4 nitrogen and oxygen atoms in total. The Kier molecular flexibility index (Phi) is 5.29. The Balaban J connectivity index is 1.51. The van der Waals surface area contributed by atoms with Crippen molar-refractivity contribution in [2.24, 2.45) is 0 Å². The molecule has 2 aromatic carbocycles. The lowest BCUT2D eigenvalue weighted by Crippen LogP contribution is -2.04. The van der Waals surface area contributed by atoms with E-state index in [1.54, 1.807) is 6.20 Å². The van der Waals surface area contributed by atoms with Gasteiger partial charge < -0.3 is 14.0 Å². The standard InChI is InChI=1S/C19H20N2O2/c1-2-7-17(8-3-1)15-23-19-10-5-4-9-18(19)22-14-6-12-21-13-11-20-16-21/h1-5,7-11,13,16H,6,12,14-15H2. The van der Waals surface area contributed by atoms with Crippen molar-refractivity contribution < 1.29 is 9.47 Å². The Hall–Kier alpha value is -2.75. The number of imidazole rings is 1. The van der Waals surface area contributed by atoms with Crippen molar-refractivity contribution in [3.8, 4) is 11.5 Å². The van der Waals surface area contributed by atoms with E-state index in [4.69, 9.17) is 9.47 Å². The number of para-hydroxylation sites is 2. The monoisotopic (exact) mass is 308 g/mol. The highest BCUT2D eigenvalue weighted by atomic mass is 16.5.